The van der Waals surface area contributed by atoms with Crippen LogP contribution in [0.5, 0.6) is 5.75 Å². The molecule has 128 valence electrons. The Morgan fingerprint density at radius 3 is 2.84 bits per heavy atom. The lowest BCUT2D eigenvalue weighted by atomic mass is 10.2. The molecule has 1 aromatic carbocycles. The number of hydrogen-bond acceptors (Lipinski definition) is 4. The van der Waals surface area contributed by atoms with Crippen LogP contribution in [0, 0.1) is 0 Å². The summed E-state index contributed by atoms with van der Waals surface area (Å²) in [5.74, 6) is 1.93. The monoisotopic (exact) mass is 400 g/mol. The molecule has 0 N–H and O–H groups in total. The van der Waals surface area contributed by atoms with E-state index in [4.69, 9.17) is 9.15 Å². The van der Waals surface area contributed by atoms with E-state index in [1.807, 2.05) is 43.3 Å². The predicted molar refractivity (Wildman–Crippen MR) is 98.4 cm³/mol. The number of halogens is 1. The summed E-state index contributed by atoms with van der Waals surface area (Å²) in [6.07, 6.45) is 4.75. The molecular weight excluding hydrogens is 384 g/mol. The fraction of sp³-hybridized carbons (Fsp3) is 0.158. The SMILES string of the molecule is CCn1ncc(Br)c1C(=O)/C=C/c1ccc(COc2ccccc2)o1. The number of aryl methyl sites for hydroxylation is 1. The zero-order valence-corrected chi connectivity index (χ0v) is 15.3. The number of benzene rings is 1. The van der Waals surface area contributed by atoms with Gasteiger partial charge < -0.3 is 9.15 Å². The summed E-state index contributed by atoms with van der Waals surface area (Å²) in [5, 5.41) is 4.14. The van der Waals surface area contributed by atoms with Gasteiger partial charge in [-0.2, -0.15) is 5.10 Å². The van der Waals surface area contributed by atoms with Crippen LogP contribution in [0.15, 0.2) is 63.6 Å². The Bertz CT molecular complexity index is 881. The predicted octanol–water partition coefficient (Wildman–Crippen LogP) is 4.73. The van der Waals surface area contributed by atoms with Gasteiger partial charge in [0.05, 0.1) is 10.7 Å². The van der Waals surface area contributed by atoms with Gasteiger partial charge in [0.15, 0.2) is 0 Å². The summed E-state index contributed by atoms with van der Waals surface area (Å²) < 4.78 is 13.6. The number of hydrogen-bond donors (Lipinski definition) is 0. The van der Waals surface area contributed by atoms with Crippen molar-refractivity contribution in [2.45, 2.75) is 20.1 Å². The van der Waals surface area contributed by atoms with Crippen molar-refractivity contribution in [2.24, 2.45) is 0 Å². The molecular formula is C19H17BrN2O3. The van der Waals surface area contributed by atoms with E-state index in [1.54, 1.807) is 23.0 Å². The van der Waals surface area contributed by atoms with Crippen LogP contribution in [-0.2, 0) is 13.2 Å². The normalized spacial score (nSPS) is 11.1. The first-order chi connectivity index (χ1) is 12.2. The second kappa shape index (κ2) is 7.98. The van der Waals surface area contributed by atoms with Crippen LogP contribution in [0.2, 0.25) is 0 Å². The molecule has 0 aliphatic carbocycles. The molecule has 3 rings (SSSR count). The number of carbonyl (C=O) groups is 1. The first kappa shape index (κ1) is 17.2. The topological polar surface area (TPSA) is 57.3 Å². The molecule has 0 fully saturated rings. The second-order valence-corrected chi connectivity index (χ2v) is 6.11. The smallest absolute Gasteiger partial charge is 0.205 e. The van der Waals surface area contributed by atoms with Gasteiger partial charge in [-0.3, -0.25) is 9.48 Å². The lowest BCUT2D eigenvalue weighted by Gasteiger charge is -2.02. The minimum absolute atomic E-state index is 0.135. The van der Waals surface area contributed by atoms with Gasteiger partial charge in [-0.25, -0.2) is 0 Å². The molecule has 6 heteroatoms. The summed E-state index contributed by atoms with van der Waals surface area (Å²) in [4.78, 5) is 12.4. The van der Waals surface area contributed by atoms with Crippen LogP contribution < -0.4 is 4.74 Å². The van der Waals surface area contributed by atoms with E-state index in [2.05, 4.69) is 21.0 Å². The Balaban J connectivity index is 1.63. The fourth-order valence-electron chi connectivity index (χ4n) is 2.32. The average molecular weight is 401 g/mol. The van der Waals surface area contributed by atoms with E-state index < -0.39 is 0 Å². The van der Waals surface area contributed by atoms with Crippen molar-refractivity contribution in [1.82, 2.24) is 9.78 Å². The maximum absolute atomic E-state index is 12.4. The highest BCUT2D eigenvalue weighted by molar-refractivity contribution is 9.10. The molecule has 0 amide bonds. The van der Waals surface area contributed by atoms with Gasteiger partial charge in [0.2, 0.25) is 5.78 Å². The quantitative estimate of drug-likeness (QED) is 0.424. The number of aromatic nitrogens is 2. The summed E-state index contributed by atoms with van der Waals surface area (Å²) in [5.41, 5.74) is 0.526. The molecule has 0 bridgehead atoms. The highest BCUT2D eigenvalue weighted by Crippen LogP contribution is 2.18. The third-order valence-electron chi connectivity index (χ3n) is 3.53. The van der Waals surface area contributed by atoms with Crippen molar-refractivity contribution in [3.05, 3.63) is 76.4 Å². The molecule has 0 aliphatic rings. The van der Waals surface area contributed by atoms with Gasteiger partial charge in [0.25, 0.3) is 0 Å². The highest BCUT2D eigenvalue weighted by Gasteiger charge is 2.14. The zero-order chi connectivity index (χ0) is 17.6. The molecule has 0 unspecified atom stereocenters. The van der Waals surface area contributed by atoms with Crippen molar-refractivity contribution in [2.75, 3.05) is 0 Å². The summed E-state index contributed by atoms with van der Waals surface area (Å²) >= 11 is 3.35. The van der Waals surface area contributed by atoms with Crippen LogP contribution in [0.4, 0.5) is 0 Å². The van der Waals surface area contributed by atoms with Gasteiger partial charge in [0.1, 0.15) is 29.6 Å². The molecule has 0 aliphatic heterocycles. The van der Waals surface area contributed by atoms with Crippen molar-refractivity contribution >= 4 is 27.8 Å². The second-order valence-electron chi connectivity index (χ2n) is 5.26. The number of rotatable bonds is 7. The van der Waals surface area contributed by atoms with Crippen LogP contribution >= 0.6 is 15.9 Å². The van der Waals surface area contributed by atoms with Crippen LogP contribution in [0.25, 0.3) is 6.08 Å². The molecule has 5 nitrogen and oxygen atoms in total. The lowest BCUT2D eigenvalue weighted by Crippen LogP contribution is -2.07. The number of ether oxygens (including phenoxy) is 1. The fourth-order valence-corrected chi connectivity index (χ4v) is 2.81. The summed E-state index contributed by atoms with van der Waals surface area (Å²) in [7, 11) is 0. The van der Waals surface area contributed by atoms with Gasteiger partial charge in [-0.1, -0.05) is 18.2 Å². The number of allylic oxidation sites excluding steroid dienone is 1. The Morgan fingerprint density at radius 1 is 1.28 bits per heavy atom. The maximum atomic E-state index is 12.4. The van der Waals surface area contributed by atoms with E-state index in [0.29, 0.717) is 34.8 Å². The molecule has 0 radical (unpaired) electrons. The third kappa shape index (κ3) is 4.28. The molecule has 0 saturated heterocycles. The van der Waals surface area contributed by atoms with E-state index in [0.717, 1.165) is 5.75 Å². The number of para-hydroxylation sites is 1. The van der Waals surface area contributed by atoms with Crippen molar-refractivity contribution < 1.29 is 13.9 Å². The van der Waals surface area contributed by atoms with Gasteiger partial charge in [-0.05, 0) is 59.3 Å². The van der Waals surface area contributed by atoms with E-state index in [9.17, 15) is 4.79 Å². The van der Waals surface area contributed by atoms with Crippen LogP contribution in [-0.4, -0.2) is 15.6 Å². The lowest BCUT2D eigenvalue weighted by molar-refractivity contribution is 0.103. The average Bonchev–Trinajstić information content (AvgIpc) is 3.25. The molecule has 2 heterocycles. The van der Waals surface area contributed by atoms with Gasteiger partial charge in [-0.15, -0.1) is 0 Å². The molecule has 0 spiro atoms. The number of furan rings is 1. The largest absolute Gasteiger partial charge is 0.486 e. The Morgan fingerprint density at radius 2 is 2.08 bits per heavy atom. The van der Waals surface area contributed by atoms with Crippen molar-refractivity contribution in [3.63, 3.8) is 0 Å². The molecule has 0 atom stereocenters. The van der Waals surface area contributed by atoms with Gasteiger partial charge >= 0.3 is 0 Å². The number of carbonyl (C=O) groups excluding carboxylic acids is 1. The van der Waals surface area contributed by atoms with E-state index in [1.165, 1.54) is 6.08 Å². The summed E-state index contributed by atoms with van der Waals surface area (Å²) in [6, 6.07) is 13.2. The highest BCUT2D eigenvalue weighted by atomic mass is 79.9. The Labute approximate surface area is 154 Å². The molecule has 3 aromatic rings. The Kier molecular flexibility index (Phi) is 5.50. The first-order valence-corrected chi connectivity index (χ1v) is 8.67. The minimum Gasteiger partial charge on any atom is -0.486 e. The van der Waals surface area contributed by atoms with E-state index >= 15 is 0 Å². The standard InChI is InChI=1S/C19H17BrN2O3/c1-2-22-19(17(20)12-21-22)18(23)11-10-15-8-9-16(25-15)13-24-14-6-4-3-5-7-14/h3-12H,2,13H2,1H3/b11-10+. The first-order valence-electron chi connectivity index (χ1n) is 7.87. The summed E-state index contributed by atoms with van der Waals surface area (Å²) in [6.45, 7) is 2.90. The number of ketones is 1. The molecule has 0 saturated carbocycles. The van der Waals surface area contributed by atoms with Gasteiger partial charge in [0, 0.05) is 6.54 Å². The molecule has 25 heavy (non-hydrogen) atoms. The third-order valence-corrected chi connectivity index (χ3v) is 4.11. The Hall–Kier alpha value is -2.60. The minimum atomic E-state index is -0.135. The van der Waals surface area contributed by atoms with Crippen molar-refractivity contribution in [1.29, 1.82) is 0 Å². The van der Waals surface area contributed by atoms with E-state index in [-0.39, 0.29) is 5.78 Å². The van der Waals surface area contributed by atoms with Crippen LogP contribution in [0.3, 0.4) is 0 Å². The maximum Gasteiger partial charge on any atom is 0.205 e. The molecule has 2 aromatic heterocycles. The zero-order valence-electron chi connectivity index (χ0n) is 13.7. The van der Waals surface area contributed by atoms with Crippen LogP contribution in [0.1, 0.15) is 28.9 Å². The number of nitrogens with zero attached hydrogens (tertiary/aromatic N) is 2. The van der Waals surface area contributed by atoms with Crippen molar-refractivity contribution in [3.8, 4) is 5.75 Å².